The zero-order valence-electron chi connectivity index (χ0n) is 18.0. The molecule has 2 aliphatic heterocycles. The van der Waals surface area contributed by atoms with E-state index in [1.54, 1.807) is 0 Å². The highest BCUT2D eigenvalue weighted by Crippen LogP contribution is 2.42. The molecule has 2 saturated heterocycles. The first kappa shape index (κ1) is 21.3. The molecule has 1 unspecified atom stereocenters. The Morgan fingerprint density at radius 2 is 1.86 bits per heavy atom. The van der Waals surface area contributed by atoms with Crippen molar-refractivity contribution in [2.24, 2.45) is 0 Å². The van der Waals surface area contributed by atoms with E-state index in [1.165, 1.54) is 38.8 Å². The van der Waals surface area contributed by atoms with Gasteiger partial charge in [-0.15, -0.1) is 0 Å². The molecule has 4 heteroatoms. The van der Waals surface area contributed by atoms with Crippen LogP contribution in [0.4, 0.5) is 0 Å². The lowest BCUT2D eigenvalue weighted by atomic mass is 9.76. The lowest BCUT2D eigenvalue weighted by molar-refractivity contribution is -0.136. The van der Waals surface area contributed by atoms with E-state index in [2.05, 4.69) is 9.80 Å². The molecule has 1 aromatic rings. The van der Waals surface area contributed by atoms with Crippen LogP contribution in [0.3, 0.4) is 0 Å². The van der Waals surface area contributed by atoms with Gasteiger partial charge in [0.2, 0.25) is 5.91 Å². The Balaban J connectivity index is 0.00000109. The summed E-state index contributed by atoms with van der Waals surface area (Å²) in [4.78, 5) is 17.7. The number of carbonyl (C=O) groups excluding carboxylic acids is 1. The van der Waals surface area contributed by atoms with E-state index >= 15 is 0 Å². The van der Waals surface area contributed by atoms with Crippen LogP contribution < -0.4 is 0 Å². The molecule has 4 nitrogen and oxygen atoms in total. The molecular weight excluding hydrogens is 348 g/mol. The number of likely N-dealkylation sites (N-methyl/N-ethyl adjacent to an activating group) is 1. The number of nitrogens with zero attached hydrogens (tertiary/aromatic N) is 2. The van der Waals surface area contributed by atoms with Gasteiger partial charge in [-0.1, -0.05) is 44.2 Å². The van der Waals surface area contributed by atoms with Crippen LogP contribution in [-0.4, -0.2) is 60.1 Å². The zero-order chi connectivity index (χ0) is 20.0. The third kappa shape index (κ3) is 4.77. The quantitative estimate of drug-likeness (QED) is 0.774. The molecule has 2 heterocycles. The fourth-order valence-corrected chi connectivity index (χ4v) is 5.31. The van der Waals surface area contributed by atoms with Gasteiger partial charge < -0.3 is 9.64 Å². The van der Waals surface area contributed by atoms with E-state index in [0.29, 0.717) is 18.5 Å². The van der Waals surface area contributed by atoms with Crippen molar-refractivity contribution < 1.29 is 9.53 Å². The minimum atomic E-state index is 0.0904. The maximum Gasteiger partial charge on any atom is 0.227 e. The number of hydrogen-bond acceptors (Lipinski definition) is 3. The molecule has 4 rings (SSSR count). The van der Waals surface area contributed by atoms with Gasteiger partial charge in [0.05, 0.1) is 12.0 Å². The van der Waals surface area contributed by atoms with Gasteiger partial charge in [-0.25, -0.2) is 0 Å². The highest BCUT2D eigenvalue weighted by atomic mass is 16.5. The van der Waals surface area contributed by atoms with Crippen molar-refractivity contribution in [1.29, 1.82) is 0 Å². The van der Waals surface area contributed by atoms with Crippen molar-refractivity contribution in [2.75, 3.05) is 26.7 Å². The van der Waals surface area contributed by atoms with E-state index in [-0.39, 0.29) is 11.5 Å². The predicted octanol–water partition coefficient (Wildman–Crippen LogP) is 4.28. The minimum absolute atomic E-state index is 0.0904. The van der Waals surface area contributed by atoms with Gasteiger partial charge in [0.15, 0.2) is 0 Å². The largest absolute Gasteiger partial charge is 0.375 e. The minimum Gasteiger partial charge on any atom is -0.375 e. The number of ether oxygens (including phenoxy) is 1. The normalized spacial score (nSPS) is 30.1. The maximum atomic E-state index is 13.0. The molecule has 1 aliphatic carbocycles. The summed E-state index contributed by atoms with van der Waals surface area (Å²) in [5.74, 6) is 0.244. The third-order valence-corrected chi connectivity index (χ3v) is 6.80. The SMILES string of the molecule is CC.CN(C(=O)Cc1ccccc1)C1CC[C@@]2(CCCO2)C[C@@H]1N1CCCC1. The van der Waals surface area contributed by atoms with E-state index in [4.69, 9.17) is 4.74 Å². The summed E-state index contributed by atoms with van der Waals surface area (Å²) >= 11 is 0. The first-order valence-corrected chi connectivity index (χ1v) is 11.3. The lowest BCUT2D eigenvalue weighted by Gasteiger charge is -2.48. The number of amides is 1. The second-order valence-corrected chi connectivity index (χ2v) is 8.42. The highest BCUT2D eigenvalue weighted by Gasteiger charge is 2.47. The van der Waals surface area contributed by atoms with Crippen LogP contribution in [-0.2, 0) is 16.0 Å². The molecule has 3 fully saturated rings. The summed E-state index contributed by atoms with van der Waals surface area (Å²) in [7, 11) is 2.02. The second kappa shape index (κ2) is 9.89. The standard InChI is InChI=1S/C22H32N2O2.C2H6/c1-23(21(25)16-18-8-3-2-4-9-18)19-10-12-22(11-7-15-26-22)17-20(19)24-13-5-6-14-24;1-2/h2-4,8-9,19-20H,5-7,10-17H2,1H3;1-2H3/t19?,20-,22-;/m0./s1. The average molecular weight is 387 g/mol. The van der Waals surface area contributed by atoms with Gasteiger partial charge in [-0.3, -0.25) is 9.69 Å². The molecule has 0 aromatic heterocycles. The Hall–Kier alpha value is -1.39. The van der Waals surface area contributed by atoms with Crippen molar-refractivity contribution in [3.05, 3.63) is 35.9 Å². The average Bonchev–Trinajstić information content (AvgIpc) is 3.42. The third-order valence-electron chi connectivity index (χ3n) is 6.80. The molecule has 3 aliphatic rings. The number of carbonyl (C=O) groups is 1. The molecular formula is C24H38N2O2. The molecule has 0 radical (unpaired) electrons. The van der Waals surface area contributed by atoms with Crippen LogP contribution in [0.2, 0.25) is 0 Å². The van der Waals surface area contributed by atoms with Crippen LogP contribution >= 0.6 is 0 Å². The van der Waals surface area contributed by atoms with Gasteiger partial charge >= 0.3 is 0 Å². The van der Waals surface area contributed by atoms with Crippen LogP contribution in [0.25, 0.3) is 0 Å². The molecule has 3 atom stereocenters. The van der Waals surface area contributed by atoms with Crippen molar-refractivity contribution in [2.45, 2.75) is 82.9 Å². The monoisotopic (exact) mass is 386 g/mol. The summed E-state index contributed by atoms with van der Waals surface area (Å²) in [5, 5.41) is 0. The summed E-state index contributed by atoms with van der Waals surface area (Å²) in [6, 6.07) is 10.9. The molecule has 28 heavy (non-hydrogen) atoms. The first-order valence-electron chi connectivity index (χ1n) is 11.3. The molecule has 1 saturated carbocycles. The number of likely N-dealkylation sites (tertiary alicyclic amines) is 1. The van der Waals surface area contributed by atoms with Gasteiger partial charge in [-0.2, -0.15) is 0 Å². The van der Waals surface area contributed by atoms with Gasteiger partial charge in [0.1, 0.15) is 0 Å². The summed E-state index contributed by atoms with van der Waals surface area (Å²) in [5.41, 5.74) is 1.20. The Morgan fingerprint density at radius 3 is 2.50 bits per heavy atom. The van der Waals surface area contributed by atoms with Crippen molar-refractivity contribution in [3.8, 4) is 0 Å². The molecule has 1 spiro atoms. The highest BCUT2D eigenvalue weighted by molar-refractivity contribution is 5.79. The fourth-order valence-electron chi connectivity index (χ4n) is 5.31. The maximum absolute atomic E-state index is 13.0. The van der Waals surface area contributed by atoms with Gasteiger partial charge in [0, 0.05) is 25.7 Å². The lowest BCUT2D eigenvalue weighted by Crippen LogP contribution is -2.58. The summed E-state index contributed by atoms with van der Waals surface area (Å²) < 4.78 is 6.23. The molecule has 0 bridgehead atoms. The van der Waals surface area contributed by atoms with Crippen LogP contribution in [0.15, 0.2) is 30.3 Å². The predicted molar refractivity (Wildman–Crippen MR) is 114 cm³/mol. The van der Waals surface area contributed by atoms with Gasteiger partial charge in [-0.05, 0) is 63.6 Å². The van der Waals surface area contributed by atoms with E-state index in [1.807, 2.05) is 51.2 Å². The Morgan fingerprint density at radius 1 is 1.14 bits per heavy atom. The summed E-state index contributed by atoms with van der Waals surface area (Å²) in [6.45, 7) is 7.27. The number of rotatable bonds is 4. The second-order valence-electron chi connectivity index (χ2n) is 8.42. The Kier molecular flexibility index (Phi) is 7.53. The first-order chi connectivity index (χ1) is 13.7. The number of hydrogen-bond donors (Lipinski definition) is 0. The topological polar surface area (TPSA) is 32.8 Å². The van der Waals surface area contributed by atoms with E-state index in [9.17, 15) is 4.79 Å². The van der Waals surface area contributed by atoms with Crippen LogP contribution in [0, 0.1) is 0 Å². The molecule has 1 amide bonds. The van der Waals surface area contributed by atoms with Crippen LogP contribution in [0.1, 0.15) is 64.4 Å². The molecule has 0 N–H and O–H groups in total. The van der Waals surface area contributed by atoms with Crippen LogP contribution in [0.5, 0.6) is 0 Å². The summed E-state index contributed by atoms with van der Waals surface area (Å²) in [6.07, 6.45) is 8.75. The number of benzene rings is 1. The van der Waals surface area contributed by atoms with E-state index < -0.39 is 0 Å². The van der Waals surface area contributed by atoms with Crippen molar-refractivity contribution in [1.82, 2.24) is 9.80 Å². The van der Waals surface area contributed by atoms with E-state index in [0.717, 1.165) is 31.4 Å². The Labute approximate surface area is 171 Å². The van der Waals surface area contributed by atoms with Gasteiger partial charge in [0.25, 0.3) is 0 Å². The smallest absolute Gasteiger partial charge is 0.227 e. The van der Waals surface area contributed by atoms with Crippen molar-refractivity contribution in [3.63, 3.8) is 0 Å². The molecule has 156 valence electrons. The fraction of sp³-hybridized carbons (Fsp3) is 0.708. The zero-order valence-corrected chi connectivity index (χ0v) is 18.0. The van der Waals surface area contributed by atoms with Crippen molar-refractivity contribution >= 4 is 5.91 Å². The Bertz CT molecular complexity index is 606. The molecule has 1 aromatic carbocycles.